The molecule has 2 atom stereocenters. The molecule has 2 unspecified atom stereocenters. The minimum atomic E-state index is -4.79. The highest BCUT2D eigenvalue weighted by Crippen LogP contribution is 2.33. The molecule has 4 aromatic carbocycles. The molecule has 0 aliphatic carbocycles. The molecule has 0 radical (unpaired) electrons. The zero-order valence-corrected chi connectivity index (χ0v) is 36.0. The van der Waals surface area contributed by atoms with Crippen molar-refractivity contribution in [2.24, 2.45) is 15.2 Å². The first kappa shape index (κ1) is 47.0. The van der Waals surface area contributed by atoms with Crippen molar-refractivity contribution in [1.82, 2.24) is 30.8 Å². The number of isocyanates is 1. The highest BCUT2D eigenvalue weighted by atomic mass is 35.5. The van der Waals surface area contributed by atoms with Crippen molar-refractivity contribution in [2.45, 2.75) is 38.4 Å². The number of aryl methyl sites for hydroxylation is 2. The maximum Gasteiger partial charge on any atom is 0.573 e. The van der Waals surface area contributed by atoms with E-state index in [0.29, 0.717) is 16.4 Å². The van der Waals surface area contributed by atoms with Crippen molar-refractivity contribution in [1.29, 1.82) is 0 Å². The van der Waals surface area contributed by atoms with E-state index < -0.39 is 18.8 Å². The molecule has 0 bridgehead atoms. The van der Waals surface area contributed by atoms with Crippen molar-refractivity contribution >= 4 is 80.8 Å². The predicted octanol–water partition coefficient (Wildman–Crippen LogP) is 10.6. The van der Waals surface area contributed by atoms with Crippen LogP contribution in [0.1, 0.15) is 43.0 Å². The number of ether oxygens (including phenoxy) is 2. The van der Waals surface area contributed by atoms with Crippen molar-refractivity contribution < 1.29 is 45.4 Å². The Hall–Kier alpha value is -6.45. The van der Waals surface area contributed by atoms with Gasteiger partial charge in [0.1, 0.15) is 31.5 Å². The molecular weight excluding hydrogens is 934 g/mol. The molecule has 8 rings (SSSR count). The third-order valence-corrected chi connectivity index (χ3v) is 10.9. The molecule has 2 aliphatic rings. The lowest BCUT2D eigenvalue weighted by Crippen LogP contribution is -2.30. The highest BCUT2D eigenvalue weighted by molar-refractivity contribution is 7.11. The molecule has 2 amide bonds. The van der Waals surface area contributed by atoms with E-state index in [1.165, 1.54) is 46.7 Å². The molecule has 2 N–H and O–H groups in total. The highest BCUT2D eigenvalue weighted by Gasteiger charge is 2.35. The van der Waals surface area contributed by atoms with Gasteiger partial charge in [-0.3, -0.25) is 0 Å². The number of carbonyl (C=O) groups is 1. The molecule has 332 valence electrons. The number of hydrogen-bond donors (Lipinski definition) is 2. The summed E-state index contributed by atoms with van der Waals surface area (Å²) in [6.07, 6.45) is -8.24. The number of benzene rings is 4. The van der Waals surface area contributed by atoms with E-state index in [2.05, 4.69) is 55.8 Å². The van der Waals surface area contributed by atoms with Crippen LogP contribution in [0.15, 0.2) is 112 Å². The van der Waals surface area contributed by atoms with Crippen LogP contribution in [0.2, 0.25) is 10.0 Å². The zero-order chi connectivity index (χ0) is 46.0. The molecule has 14 nitrogen and oxygen atoms in total. The van der Waals surface area contributed by atoms with E-state index in [0.717, 1.165) is 72.7 Å². The lowest BCUT2D eigenvalue weighted by molar-refractivity contribution is -0.275. The van der Waals surface area contributed by atoms with Gasteiger partial charge in [-0.1, -0.05) is 47.5 Å². The smallest absolute Gasteiger partial charge is 0.406 e. The molecule has 4 heterocycles. The number of hydrogen-bond acceptors (Lipinski definition) is 14. The number of aromatic nitrogens is 4. The average molecular weight is 964 g/mol. The summed E-state index contributed by atoms with van der Waals surface area (Å²) < 4.78 is 79.4. The first-order valence-corrected chi connectivity index (χ1v) is 20.7. The van der Waals surface area contributed by atoms with Crippen LogP contribution in [0.5, 0.6) is 11.5 Å². The number of rotatable bonds is 8. The Morgan fingerprint density at radius 1 is 0.734 bits per heavy atom. The zero-order valence-electron chi connectivity index (χ0n) is 32.9. The van der Waals surface area contributed by atoms with Crippen LogP contribution in [0.25, 0.3) is 0 Å². The summed E-state index contributed by atoms with van der Waals surface area (Å²) >= 11 is 14.9. The van der Waals surface area contributed by atoms with Crippen LogP contribution in [-0.2, 0) is 4.79 Å². The first-order valence-electron chi connectivity index (χ1n) is 18.3. The lowest BCUT2D eigenvalue weighted by atomic mass is 9.98. The van der Waals surface area contributed by atoms with E-state index in [9.17, 15) is 35.9 Å². The summed E-state index contributed by atoms with van der Waals surface area (Å²) in [6, 6.07) is 23.6. The van der Waals surface area contributed by atoms with E-state index >= 15 is 0 Å². The quantitative estimate of drug-likeness (QED) is 0.0857. The van der Waals surface area contributed by atoms with Crippen LogP contribution >= 0.6 is 45.9 Å². The number of halogens is 8. The normalized spacial score (nSPS) is 15.6. The van der Waals surface area contributed by atoms with Crippen molar-refractivity contribution in [3.8, 4) is 11.5 Å². The summed E-state index contributed by atoms with van der Waals surface area (Å²) in [5.41, 5.74) is 7.05. The van der Waals surface area contributed by atoms with Gasteiger partial charge in [0, 0.05) is 22.3 Å². The molecule has 2 aliphatic heterocycles. The molecule has 6 aromatic rings. The number of carbonyl (C=O) groups excluding carboxylic acids is 2. The monoisotopic (exact) mass is 962 g/mol. The number of alkyl halides is 6. The fourth-order valence-electron chi connectivity index (χ4n) is 5.80. The van der Waals surface area contributed by atoms with Crippen LogP contribution in [-0.4, -0.2) is 74.8 Å². The number of amides is 2. The second-order valence-corrected chi connectivity index (χ2v) is 16.4. The average Bonchev–Trinajstić information content (AvgIpc) is 4.07. The summed E-state index contributed by atoms with van der Waals surface area (Å²) in [5.74, 6) is -0.846. The maximum absolute atomic E-state index is 12.8. The molecule has 0 fully saturated rings. The first-order chi connectivity index (χ1) is 30.4. The Bertz CT molecular complexity index is 2640. The number of anilines is 1. The largest absolute Gasteiger partial charge is 0.573 e. The summed E-state index contributed by atoms with van der Waals surface area (Å²) in [5, 5.41) is 34.1. The Labute approximate surface area is 377 Å². The third-order valence-electron chi connectivity index (χ3n) is 8.52. The lowest BCUT2D eigenvalue weighted by Gasteiger charge is -2.15. The Balaban J connectivity index is 0.000000178. The van der Waals surface area contributed by atoms with Crippen LogP contribution < -0.4 is 20.2 Å². The van der Waals surface area contributed by atoms with Gasteiger partial charge in [-0.15, -0.1) is 69.4 Å². The van der Waals surface area contributed by atoms with Crippen LogP contribution in [0.4, 0.5) is 42.5 Å². The Morgan fingerprint density at radius 2 is 1.22 bits per heavy atom. The summed E-state index contributed by atoms with van der Waals surface area (Å²) in [6.45, 7) is 4.80. The Kier molecular flexibility index (Phi) is 15.3. The van der Waals surface area contributed by atoms with Crippen molar-refractivity contribution in [3.63, 3.8) is 0 Å². The molecule has 0 spiro atoms. The van der Waals surface area contributed by atoms with E-state index in [-0.39, 0.29) is 35.6 Å². The second kappa shape index (κ2) is 20.8. The van der Waals surface area contributed by atoms with Crippen molar-refractivity contribution in [3.05, 3.63) is 138 Å². The van der Waals surface area contributed by atoms with Gasteiger partial charge in [0.05, 0.1) is 35.5 Å². The van der Waals surface area contributed by atoms with Gasteiger partial charge < -0.3 is 20.2 Å². The van der Waals surface area contributed by atoms with Crippen LogP contribution in [0, 0.1) is 13.8 Å². The topological polar surface area (TPSA) is 169 Å². The molecule has 0 saturated heterocycles. The summed E-state index contributed by atoms with van der Waals surface area (Å²) in [4.78, 5) is 25.8. The second-order valence-electron chi connectivity index (χ2n) is 13.1. The Morgan fingerprint density at radius 3 is 1.69 bits per heavy atom. The number of nitrogens with one attached hydrogen (secondary N) is 2. The van der Waals surface area contributed by atoms with Gasteiger partial charge in [0.2, 0.25) is 6.08 Å². The standard InChI is InChI=1S/C20H15ClF3N5O2S.C12H11ClN4S.C8H4F3NO2/c1-11-26-27-18(32-11)16-10-29(28-17(16)12-2-4-13(21)5-3-12)19(30)25-14-6-8-15(9-7-14)31-20(22,23)24;1-7-15-17-12(18-7)10-6-14-16-11(10)8-2-4-9(13)5-3-8;9-8(10,11)14-7-3-1-6(2-4-7)12-5-13/h2-9,16H,10H2,1H3,(H,25,30);2-5,10,14H,6H2,1H3;1-4H. The molecular formula is C40H30Cl2F6N10O4S2. The van der Waals surface area contributed by atoms with Gasteiger partial charge in [-0.25, -0.2) is 14.6 Å². The van der Waals surface area contributed by atoms with Gasteiger partial charge >= 0.3 is 18.8 Å². The van der Waals surface area contributed by atoms with Gasteiger partial charge in [0.15, 0.2) is 0 Å². The molecule has 2 aromatic heterocycles. The number of aliphatic imine (C=N–C) groups is 1. The third kappa shape index (κ3) is 13.5. The van der Waals surface area contributed by atoms with E-state index in [1.807, 2.05) is 50.2 Å². The van der Waals surface area contributed by atoms with Gasteiger partial charge in [-0.05, 0) is 97.8 Å². The van der Waals surface area contributed by atoms with E-state index in [4.69, 9.17) is 23.2 Å². The SMILES string of the molecule is Cc1nnc(C2CN(C(=O)Nc3ccc(OC(F)(F)F)cc3)N=C2c2ccc(Cl)cc2)s1.Cc1nnc(C2CNN=C2c2ccc(Cl)cc2)s1.O=C=Nc1ccc(OC(F)(F)F)cc1. The number of hydrazone groups is 2. The molecule has 0 saturated carbocycles. The predicted molar refractivity (Wildman–Crippen MR) is 229 cm³/mol. The fourth-order valence-corrected chi connectivity index (χ4v) is 7.65. The minimum absolute atomic E-state index is 0.178. The number of urea groups is 1. The fraction of sp³-hybridized carbons (Fsp3) is 0.200. The minimum Gasteiger partial charge on any atom is -0.406 e. The van der Waals surface area contributed by atoms with Crippen molar-refractivity contribution in [2.75, 3.05) is 18.4 Å². The summed E-state index contributed by atoms with van der Waals surface area (Å²) in [7, 11) is 0. The van der Waals surface area contributed by atoms with Crippen LogP contribution in [0.3, 0.4) is 0 Å². The molecule has 64 heavy (non-hydrogen) atoms. The van der Waals surface area contributed by atoms with Gasteiger partial charge in [-0.2, -0.15) is 15.2 Å². The molecule has 24 heteroatoms. The van der Waals surface area contributed by atoms with E-state index in [1.54, 1.807) is 23.5 Å². The number of nitrogens with zero attached hydrogens (tertiary/aromatic N) is 8. The van der Waals surface area contributed by atoms with Gasteiger partial charge in [0.25, 0.3) is 0 Å². The maximum atomic E-state index is 12.8.